The number of rotatable bonds is 0. The third-order valence-electron chi connectivity index (χ3n) is 3.26. The van der Waals surface area contributed by atoms with E-state index < -0.39 is 0 Å². The molecule has 2 heterocycles. The van der Waals surface area contributed by atoms with E-state index in [1.807, 2.05) is 0 Å². The molecule has 0 saturated carbocycles. The summed E-state index contributed by atoms with van der Waals surface area (Å²) < 4.78 is 5.75. The largest absolute Gasteiger partial charge is 0.372 e. The molecule has 3 unspecified atom stereocenters. The third-order valence-corrected chi connectivity index (χ3v) is 3.26. The standard InChI is InChI=1S/C8H17N3O/c1-6-2-3-12-8(6)5-11(10)4-7(8)9/h6-7H,2-5,9-10H2,1H3. The molecule has 0 aromatic heterocycles. The van der Waals surface area contributed by atoms with Gasteiger partial charge in [0.1, 0.15) is 5.60 Å². The smallest absolute Gasteiger partial charge is 0.101 e. The van der Waals surface area contributed by atoms with Crippen LogP contribution in [0.25, 0.3) is 0 Å². The van der Waals surface area contributed by atoms with Gasteiger partial charge >= 0.3 is 0 Å². The number of ether oxygens (including phenoxy) is 1. The highest BCUT2D eigenvalue weighted by Gasteiger charge is 2.51. The van der Waals surface area contributed by atoms with Crippen molar-refractivity contribution in [2.24, 2.45) is 17.5 Å². The lowest BCUT2D eigenvalue weighted by atomic mass is 9.85. The highest BCUT2D eigenvalue weighted by molar-refractivity contribution is 5.05. The molecule has 4 heteroatoms. The van der Waals surface area contributed by atoms with Gasteiger partial charge in [-0.3, -0.25) is 5.84 Å². The average molecular weight is 171 g/mol. The van der Waals surface area contributed by atoms with Gasteiger partial charge in [-0.25, -0.2) is 5.01 Å². The van der Waals surface area contributed by atoms with E-state index in [0.29, 0.717) is 5.92 Å². The van der Waals surface area contributed by atoms with Gasteiger partial charge in [0.2, 0.25) is 0 Å². The third kappa shape index (κ3) is 0.992. The Morgan fingerprint density at radius 1 is 1.58 bits per heavy atom. The van der Waals surface area contributed by atoms with Crippen LogP contribution in [0, 0.1) is 5.92 Å². The van der Waals surface area contributed by atoms with Gasteiger partial charge in [0.15, 0.2) is 0 Å². The fourth-order valence-electron chi connectivity index (χ4n) is 2.39. The second-order valence-corrected chi connectivity index (χ2v) is 4.03. The first-order valence-electron chi connectivity index (χ1n) is 4.54. The van der Waals surface area contributed by atoms with E-state index in [1.165, 1.54) is 0 Å². The van der Waals surface area contributed by atoms with Gasteiger partial charge in [-0.05, 0) is 12.3 Å². The zero-order valence-corrected chi connectivity index (χ0v) is 7.49. The molecule has 0 aromatic carbocycles. The van der Waals surface area contributed by atoms with E-state index in [-0.39, 0.29) is 11.6 Å². The van der Waals surface area contributed by atoms with Crippen LogP contribution in [0.15, 0.2) is 0 Å². The van der Waals surface area contributed by atoms with E-state index in [2.05, 4.69) is 6.92 Å². The van der Waals surface area contributed by atoms with Gasteiger partial charge < -0.3 is 10.5 Å². The van der Waals surface area contributed by atoms with Crippen molar-refractivity contribution in [2.75, 3.05) is 19.7 Å². The maximum atomic E-state index is 6.01. The Bertz CT molecular complexity index is 187. The monoisotopic (exact) mass is 171 g/mol. The van der Waals surface area contributed by atoms with Crippen molar-refractivity contribution in [3.05, 3.63) is 0 Å². The molecule has 2 rings (SSSR count). The summed E-state index contributed by atoms with van der Waals surface area (Å²) in [7, 11) is 0. The maximum absolute atomic E-state index is 6.01. The Hall–Kier alpha value is -0.160. The first-order chi connectivity index (χ1) is 5.65. The Kier molecular flexibility index (Phi) is 1.88. The molecule has 3 atom stereocenters. The highest BCUT2D eigenvalue weighted by atomic mass is 16.5. The highest BCUT2D eigenvalue weighted by Crippen LogP contribution is 2.37. The molecule has 0 aromatic rings. The summed E-state index contributed by atoms with van der Waals surface area (Å²) in [5, 5.41) is 1.77. The topological polar surface area (TPSA) is 64.5 Å². The normalized spacial score (nSPS) is 49.2. The van der Waals surface area contributed by atoms with E-state index >= 15 is 0 Å². The quantitative estimate of drug-likeness (QED) is 0.473. The van der Waals surface area contributed by atoms with Crippen LogP contribution in [-0.2, 0) is 4.74 Å². The molecule has 0 aliphatic carbocycles. The van der Waals surface area contributed by atoms with E-state index in [0.717, 1.165) is 26.1 Å². The Morgan fingerprint density at radius 3 is 2.75 bits per heavy atom. The van der Waals surface area contributed by atoms with Gasteiger partial charge in [0.25, 0.3) is 0 Å². The molecule has 12 heavy (non-hydrogen) atoms. The van der Waals surface area contributed by atoms with Gasteiger partial charge in [-0.2, -0.15) is 0 Å². The van der Waals surface area contributed by atoms with Crippen LogP contribution in [0.1, 0.15) is 13.3 Å². The number of hydrogen-bond donors (Lipinski definition) is 2. The molecular formula is C8H17N3O. The predicted octanol–water partition coefficient (Wildman–Crippen LogP) is -0.702. The lowest BCUT2D eigenvalue weighted by Crippen LogP contribution is -2.50. The molecule has 4 nitrogen and oxygen atoms in total. The van der Waals surface area contributed by atoms with Crippen LogP contribution in [0.4, 0.5) is 0 Å². The molecule has 2 aliphatic rings. The first kappa shape index (κ1) is 8.44. The molecular weight excluding hydrogens is 154 g/mol. The maximum Gasteiger partial charge on any atom is 0.101 e. The van der Waals surface area contributed by atoms with Crippen LogP contribution < -0.4 is 11.6 Å². The fraction of sp³-hybridized carbons (Fsp3) is 1.00. The van der Waals surface area contributed by atoms with E-state index in [1.54, 1.807) is 5.01 Å². The summed E-state index contributed by atoms with van der Waals surface area (Å²) >= 11 is 0. The second kappa shape index (κ2) is 2.67. The van der Waals surface area contributed by atoms with E-state index in [9.17, 15) is 0 Å². The first-order valence-corrected chi connectivity index (χ1v) is 4.54. The van der Waals surface area contributed by atoms with Crippen LogP contribution in [-0.4, -0.2) is 36.3 Å². The van der Waals surface area contributed by atoms with Gasteiger partial charge in [0, 0.05) is 25.7 Å². The molecule has 4 N–H and O–H groups in total. The Balaban J connectivity index is 2.19. The lowest BCUT2D eigenvalue weighted by molar-refractivity contribution is -0.0190. The minimum atomic E-state index is -0.144. The van der Waals surface area contributed by atoms with Gasteiger partial charge in [-0.15, -0.1) is 0 Å². The second-order valence-electron chi connectivity index (χ2n) is 4.03. The van der Waals surface area contributed by atoms with E-state index in [4.69, 9.17) is 16.3 Å². The summed E-state index contributed by atoms with van der Waals surface area (Å²) in [6, 6.07) is 0.0833. The zero-order chi connectivity index (χ0) is 8.77. The van der Waals surface area contributed by atoms with Crippen LogP contribution >= 0.6 is 0 Å². The summed E-state index contributed by atoms with van der Waals surface area (Å²) in [4.78, 5) is 0. The number of hydrazine groups is 1. The molecule has 1 spiro atoms. The minimum Gasteiger partial charge on any atom is -0.372 e. The van der Waals surface area contributed by atoms with Crippen molar-refractivity contribution >= 4 is 0 Å². The Labute approximate surface area is 72.8 Å². The number of nitrogens with zero attached hydrogens (tertiary/aromatic N) is 1. The minimum absolute atomic E-state index is 0.0833. The Morgan fingerprint density at radius 2 is 2.33 bits per heavy atom. The van der Waals surface area contributed by atoms with Crippen LogP contribution in [0.3, 0.4) is 0 Å². The van der Waals surface area contributed by atoms with Crippen molar-refractivity contribution in [1.29, 1.82) is 0 Å². The predicted molar refractivity (Wildman–Crippen MR) is 46.2 cm³/mol. The summed E-state index contributed by atoms with van der Waals surface area (Å²) in [6.07, 6.45) is 1.11. The zero-order valence-electron chi connectivity index (χ0n) is 7.49. The lowest BCUT2D eigenvalue weighted by Gasteiger charge is -2.31. The molecule has 0 radical (unpaired) electrons. The van der Waals surface area contributed by atoms with Crippen molar-refractivity contribution in [3.8, 4) is 0 Å². The molecule has 0 amide bonds. The summed E-state index contributed by atoms with van der Waals surface area (Å²) in [6.45, 7) is 4.58. The average Bonchev–Trinajstić information content (AvgIpc) is 2.44. The summed E-state index contributed by atoms with van der Waals surface area (Å²) in [5.74, 6) is 6.26. The summed E-state index contributed by atoms with van der Waals surface area (Å²) in [5.41, 5.74) is 5.87. The van der Waals surface area contributed by atoms with Crippen molar-refractivity contribution in [3.63, 3.8) is 0 Å². The fourth-order valence-corrected chi connectivity index (χ4v) is 2.39. The molecule has 0 bridgehead atoms. The molecule has 2 aliphatic heterocycles. The number of hydrogen-bond acceptors (Lipinski definition) is 4. The SMILES string of the molecule is CC1CCOC12CN(N)CC2N. The van der Waals surface area contributed by atoms with Crippen molar-refractivity contribution in [1.82, 2.24) is 5.01 Å². The van der Waals surface area contributed by atoms with Gasteiger partial charge in [0.05, 0.1) is 0 Å². The van der Waals surface area contributed by atoms with Crippen LogP contribution in [0.2, 0.25) is 0 Å². The van der Waals surface area contributed by atoms with Gasteiger partial charge in [-0.1, -0.05) is 6.92 Å². The molecule has 2 fully saturated rings. The molecule has 70 valence electrons. The number of nitrogens with two attached hydrogens (primary N) is 2. The molecule has 2 saturated heterocycles. The van der Waals surface area contributed by atoms with Crippen LogP contribution in [0.5, 0.6) is 0 Å². The van der Waals surface area contributed by atoms with Crippen molar-refractivity contribution in [2.45, 2.75) is 25.0 Å². The van der Waals surface area contributed by atoms with Crippen molar-refractivity contribution < 1.29 is 4.74 Å².